The van der Waals surface area contributed by atoms with Gasteiger partial charge in [-0.1, -0.05) is 63.6 Å². The zero-order valence-electron chi connectivity index (χ0n) is 38.3. The van der Waals surface area contributed by atoms with Crippen LogP contribution in [0.4, 0.5) is 9.93 Å². The molecule has 0 radical (unpaired) electrons. The maximum Gasteiger partial charge on any atom is 0.408 e. The molecule has 4 fully saturated rings. The number of alkyl carbamates (subject to hydrolysis) is 1. The first kappa shape index (κ1) is 48.4. The third-order valence-electron chi connectivity index (χ3n) is 14.1. The summed E-state index contributed by atoms with van der Waals surface area (Å²) in [6.07, 6.45) is 5.62. The number of benzene rings is 1. The first-order valence-corrected chi connectivity index (χ1v) is 23.5. The van der Waals surface area contributed by atoms with Crippen molar-refractivity contribution in [3.63, 3.8) is 0 Å². The molecule has 3 saturated carbocycles. The van der Waals surface area contributed by atoms with Gasteiger partial charge in [0.1, 0.15) is 29.9 Å². The van der Waals surface area contributed by atoms with Crippen LogP contribution in [0.3, 0.4) is 0 Å². The summed E-state index contributed by atoms with van der Waals surface area (Å²) in [5, 5.41) is 42.1. The lowest BCUT2D eigenvalue weighted by molar-refractivity contribution is -0.231. The van der Waals surface area contributed by atoms with E-state index < -0.39 is 89.7 Å². The van der Waals surface area contributed by atoms with Crippen molar-refractivity contribution in [2.75, 3.05) is 25.1 Å². The van der Waals surface area contributed by atoms with E-state index in [0.717, 1.165) is 34.4 Å². The minimum Gasteiger partial charge on any atom is -0.465 e. The van der Waals surface area contributed by atoms with Gasteiger partial charge in [-0.25, -0.2) is 9.78 Å². The van der Waals surface area contributed by atoms with Crippen LogP contribution in [0, 0.1) is 34.5 Å². The Balaban J connectivity index is 0.987. The summed E-state index contributed by atoms with van der Waals surface area (Å²) in [7, 11) is 0. The van der Waals surface area contributed by atoms with Crippen LogP contribution >= 0.6 is 11.3 Å². The number of carbonyl (C=O) groups excluding carboxylic acids is 5. The Morgan fingerprint density at radius 2 is 1.85 bits per heavy atom. The molecule has 5 aliphatic rings. The van der Waals surface area contributed by atoms with Crippen molar-refractivity contribution in [1.82, 2.24) is 15.6 Å². The summed E-state index contributed by atoms with van der Waals surface area (Å²) in [4.78, 5) is 68.3. The number of fused-ring (bicyclic) bond motifs is 7. The minimum absolute atomic E-state index is 0.0231. The van der Waals surface area contributed by atoms with Gasteiger partial charge in [-0.15, -0.1) is 11.3 Å². The van der Waals surface area contributed by atoms with Gasteiger partial charge < -0.3 is 50.2 Å². The molecule has 3 unspecified atom stereocenters. The number of esters is 1. The molecule has 6 N–H and O–H groups in total. The van der Waals surface area contributed by atoms with Crippen molar-refractivity contribution >= 4 is 46.1 Å². The quantitative estimate of drug-likeness (QED) is 0.129. The number of hydrogen-bond acceptors (Lipinski definition) is 14. The molecular formula is C48H64N4O12S. The van der Waals surface area contributed by atoms with E-state index in [1.165, 1.54) is 11.3 Å². The average molecular weight is 921 g/mol. The second-order valence-electron chi connectivity index (χ2n) is 20.1. The van der Waals surface area contributed by atoms with Crippen molar-refractivity contribution in [3.05, 3.63) is 70.3 Å². The number of aliphatic hydroxyl groups excluding tert-OH is 3. The standard InChI is InChI=1S/C48H64N4O12S/c1-26(2)25-61-39(58)15-14-34(51-38(57)23-50-44(60)64-45(3,4)5)41(59)52-43-49-22-31(65-43)18-27-8-10-28(11-9-27)42-62-37-20-33-32-13-12-29-19-30(54)16-17-46(29,6)40(32)35(55)21-47(33,7)48(37,63-42)36(56)24-53/h8-11,16-17,19,22,26,32-37,40,42,53,55-56H,12-15,18,20-21,23-25H2,1-7H3,(H,50,60)(H,51,57)(H,49,52,59)/t32?,33-,34-,35?,36?,37+,40+,42+,46-,47-,48+/m0/s1. The van der Waals surface area contributed by atoms with Crippen LogP contribution in [-0.4, -0.2) is 105 Å². The number of allylic oxidation sites excluding steroid dienone is 4. The zero-order chi connectivity index (χ0) is 47.1. The fraction of sp³-hybridized carbons (Fsp3) is 0.625. The van der Waals surface area contributed by atoms with Crippen molar-refractivity contribution in [2.24, 2.45) is 34.5 Å². The Morgan fingerprint density at radius 1 is 1.11 bits per heavy atom. The summed E-state index contributed by atoms with van der Waals surface area (Å²) in [6, 6.07) is 6.55. The first-order chi connectivity index (χ1) is 30.6. The third-order valence-corrected chi connectivity index (χ3v) is 15.0. The fourth-order valence-electron chi connectivity index (χ4n) is 11.2. The normalized spacial score (nSPS) is 31.1. The van der Waals surface area contributed by atoms with Crippen LogP contribution < -0.4 is 16.0 Å². The molecule has 0 bridgehead atoms. The number of aromatic nitrogens is 1. The van der Waals surface area contributed by atoms with Crippen molar-refractivity contribution in [1.29, 1.82) is 0 Å². The van der Waals surface area contributed by atoms with Gasteiger partial charge in [-0.3, -0.25) is 19.2 Å². The largest absolute Gasteiger partial charge is 0.465 e. The molecule has 0 spiro atoms. The number of carbonyl (C=O) groups is 5. The van der Waals surface area contributed by atoms with Gasteiger partial charge in [0.15, 0.2) is 17.2 Å². The van der Waals surface area contributed by atoms with E-state index in [9.17, 15) is 39.3 Å². The molecule has 16 nitrogen and oxygen atoms in total. The number of ether oxygens (including phenoxy) is 4. The van der Waals surface area contributed by atoms with E-state index >= 15 is 0 Å². The number of aliphatic hydroxyl groups is 3. The summed E-state index contributed by atoms with van der Waals surface area (Å²) in [5.74, 6) is -1.63. The molecule has 2 heterocycles. The molecule has 354 valence electrons. The Hall–Kier alpha value is -4.52. The Labute approximate surface area is 383 Å². The summed E-state index contributed by atoms with van der Waals surface area (Å²) < 4.78 is 24.0. The predicted molar refractivity (Wildman–Crippen MR) is 239 cm³/mol. The maximum absolute atomic E-state index is 13.5. The highest BCUT2D eigenvalue weighted by Gasteiger charge is 2.75. The van der Waals surface area contributed by atoms with Crippen LogP contribution in [0.25, 0.3) is 0 Å². The van der Waals surface area contributed by atoms with E-state index in [4.69, 9.17) is 18.9 Å². The molecule has 3 amide bonds. The number of amides is 3. The molecule has 4 aliphatic carbocycles. The molecule has 1 saturated heterocycles. The third kappa shape index (κ3) is 9.96. The monoisotopic (exact) mass is 920 g/mol. The van der Waals surface area contributed by atoms with Crippen molar-refractivity contribution in [3.8, 4) is 0 Å². The highest BCUT2D eigenvalue weighted by Crippen LogP contribution is 2.71. The predicted octanol–water partition coefficient (Wildman–Crippen LogP) is 5.06. The smallest absolute Gasteiger partial charge is 0.408 e. The van der Waals surface area contributed by atoms with E-state index in [-0.39, 0.29) is 54.0 Å². The second-order valence-corrected chi connectivity index (χ2v) is 21.3. The molecule has 1 aromatic heterocycles. The second kappa shape index (κ2) is 19.0. The maximum atomic E-state index is 13.5. The topological polar surface area (TPSA) is 232 Å². The van der Waals surface area contributed by atoms with Crippen LogP contribution in [0.15, 0.2) is 54.3 Å². The van der Waals surface area contributed by atoms with Crippen molar-refractivity contribution in [2.45, 2.75) is 135 Å². The Kier molecular flexibility index (Phi) is 14.1. The average Bonchev–Trinajstić information content (AvgIpc) is 3.92. The van der Waals surface area contributed by atoms with Gasteiger partial charge in [0.25, 0.3) is 0 Å². The van der Waals surface area contributed by atoms with Gasteiger partial charge in [-0.2, -0.15) is 0 Å². The SMILES string of the molecule is CC(C)COC(=O)CC[C@H](NC(=O)CNC(=O)OC(C)(C)C)C(=O)Nc1ncc(Cc2ccc([C@@H]3O[C@@H]4C[C@H]5C6CCC7=CC(=O)C=C[C@]7(C)[C@H]6C(O)C[C@]5(C)[C@]4(C(O)CO)O3)cc2)s1. The number of rotatable bonds is 15. The van der Waals surface area contributed by atoms with Gasteiger partial charge >= 0.3 is 12.1 Å². The molecule has 11 atom stereocenters. The number of ketones is 1. The molecule has 7 rings (SSSR count). The van der Waals surface area contributed by atoms with E-state index in [2.05, 4.69) is 34.8 Å². The summed E-state index contributed by atoms with van der Waals surface area (Å²) >= 11 is 1.25. The Morgan fingerprint density at radius 3 is 2.54 bits per heavy atom. The number of thiazole rings is 1. The zero-order valence-corrected chi connectivity index (χ0v) is 39.1. The molecule has 17 heteroatoms. The molecular weight excluding hydrogens is 857 g/mol. The lowest BCUT2D eigenvalue weighted by Crippen LogP contribution is -2.64. The van der Waals surface area contributed by atoms with Crippen molar-refractivity contribution < 1.29 is 58.2 Å². The summed E-state index contributed by atoms with van der Waals surface area (Å²) in [6.45, 7) is 12.3. The highest BCUT2D eigenvalue weighted by atomic mass is 32.1. The van der Waals surface area contributed by atoms with Gasteiger partial charge in [0.05, 0.1) is 25.4 Å². The molecule has 65 heavy (non-hydrogen) atoms. The Bertz CT molecular complexity index is 2180. The van der Waals surface area contributed by atoms with Gasteiger partial charge in [0.2, 0.25) is 11.8 Å². The number of anilines is 1. The fourth-order valence-corrected chi connectivity index (χ4v) is 12.1. The van der Waals surface area contributed by atoms with Crippen LogP contribution in [0.1, 0.15) is 109 Å². The number of nitrogens with zero attached hydrogens (tertiary/aromatic N) is 1. The van der Waals surface area contributed by atoms with Crippen LogP contribution in [0.2, 0.25) is 0 Å². The minimum atomic E-state index is -1.27. The summed E-state index contributed by atoms with van der Waals surface area (Å²) in [5.41, 5.74) is -0.469. The first-order valence-electron chi connectivity index (χ1n) is 22.7. The molecule has 2 aromatic rings. The number of nitrogens with one attached hydrogen (secondary N) is 3. The van der Waals surface area contributed by atoms with Gasteiger partial charge in [-0.05, 0) is 88.3 Å². The van der Waals surface area contributed by atoms with Crippen LogP contribution in [-0.2, 0) is 44.5 Å². The van der Waals surface area contributed by atoms with Gasteiger partial charge in [0, 0.05) is 46.2 Å². The van der Waals surface area contributed by atoms with E-state index in [1.807, 2.05) is 44.2 Å². The molecule has 1 aliphatic heterocycles. The lowest BCUT2D eigenvalue weighted by atomic mass is 9.46. The van der Waals surface area contributed by atoms with E-state index in [1.54, 1.807) is 39.1 Å². The van der Waals surface area contributed by atoms with E-state index in [0.29, 0.717) is 19.3 Å². The molecule has 1 aromatic carbocycles. The number of hydrogen-bond donors (Lipinski definition) is 6. The lowest BCUT2D eigenvalue weighted by Gasteiger charge is -2.60. The highest BCUT2D eigenvalue weighted by molar-refractivity contribution is 7.15. The van der Waals surface area contributed by atoms with Crippen LogP contribution in [0.5, 0.6) is 0 Å².